The minimum Gasteiger partial charge on any atom is -0.504 e. The summed E-state index contributed by atoms with van der Waals surface area (Å²) in [5.41, 5.74) is -1.22. The van der Waals surface area contributed by atoms with Crippen LogP contribution in [-0.4, -0.2) is 129 Å². The molecule has 14 heteroatoms. The van der Waals surface area contributed by atoms with Crippen LogP contribution in [0.2, 0.25) is 0 Å². The number of thioether (sulfide) groups is 1. The first-order valence-electron chi connectivity index (χ1n) is 13.7. The summed E-state index contributed by atoms with van der Waals surface area (Å²) < 4.78 is 16.6. The van der Waals surface area contributed by atoms with Crippen molar-refractivity contribution in [3.8, 4) is 17.2 Å². The van der Waals surface area contributed by atoms with Crippen LogP contribution < -0.4 is 5.32 Å². The number of phenolic OH excluding ortho intramolecular Hbond substituents is 3. The molecule has 0 saturated carbocycles. The number of carbonyl (C=O) groups is 2. The number of nitrogens with one attached hydrogen (secondary N) is 1. The van der Waals surface area contributed by atoms with Crippen molar-refractivity contribution in [2.24, 2.45) is 5.92 Å². The van der Waals surface area contributed by atoms with Gasteiger partial charge in [0, 0.05) is 19.4 Å². The van der Waals surface area contributed by atoms with Crippen LogP contribution in [-0.2, 0) is 19.0 Å². The van der Waals surface area contributed by atoms with Gasteiger partial charge in [-0.2, -0.15) is 0 Å². The maximum Gasteiger partial charge on any atom is 0.338 e. The zero-order valence-corrected chi connectivity index (χ0v) is 24.5. The number of phenols is 3. The third-order valence-corrected chi connectivity index (χ3v) is 8.81. The Hall–Kier alpha value is -2.33. The zero-order valence-electron chi connectivity index (χ0n) is 23.7. The van der Waals surface area contributed by atoms with E-state index in [1.165, 1.54) is 7.11 Å². The standard InChI is InChI=1S/C27H42N2O11S/c1-5-6-14-9-16(29(3)12-14)25(36)28-19(13(2)38-4)24-22(34)21(33)23(35)27(40-24)41-8-7-39-26(37)15-10-17(30)20(32)18(31)11-15/h10-11,13-14,16,19,21-24,27,30-35H,5-9,12H2,1-4H3,(H,28,36)/t13-,14-,16+,19-,21+,22-,23-,24-,27-/m1/s1. The lowest BCUT2D eigenvalue weighted by molar-refractivity contribution is -0.212. The van der Waals surface area contributed by atoms with Crippen LogP contribution >= 0.6 is 11.8 Å². The number of hydrogen-bond donors (Lipinski definition) is 7. The quantitative estimate of drug-likeness (QED) is 0.0970. The van der Waals surface area contributed by atoms with Crippen molar-refractivity contribution >= 4 is 23.6 Å². The Kier molecular flexibility index (Phi) is 11.9. The van der Waals surface area contributed by atoms with E-state index in [0.29, 0.717) is 12.3 Å². The second kappa shape index (κ2) is 14.7. The van der Waals surface area contributed by atoms with Gasteiger partial charge < -0.3 is 50.2 Å². The van der Waals surface area contributed by atoms with Crippen LogP contribution in [0.25, 0.3) is 0 Å². The van der Waals surface area contributed by atoms with E-state index >= 15 is 0 Å². The molecule has 232 valence electrons. The highest BCUT2D eigenvalue weighted by Gasteiger charge is 2.49. The monoisotopic (exact) mass is 602 g/mol. The van der Waals surface area contributed by atoms with Crippen LogP contribution in [0.15, 0.2) is 12.1 Å². The molecule has 41 heavy (non-hydrogen) atoms. The lowest BCUT2D eigenvalue weighted by Gasteiger charge is -2.44. The minimum absolute atomic E-state index is 0.113. The number of nitrogens with zero attached hydrogens (tertiary/aromatic N) is 1. The Balaban J connectivity index is 1.63. The molecular formula is C27H42N2O11S. The molecule has 1 amide bonds. The van der Waals surface area contributed by atoms with Crippen LogP contribution in [0, 0.1) is 5.92 Å². The molecule has 1 aromatic carbocycles. The average Bonchev–Trinajstić information content (AvgIpc) is 3.31. The van der Waals surface area contributed by atoms with E-state index in [1.54, 1.807) is 6.92 Å². The third kappa shape index (κ3) is 7.95. The highest BCUT2D eigenvalue weighted by atomic mass is 32.2. The fourth-order valence-electron chi connectivity index (χ4n) is 5.32. The predicted molar refractivity (Wildman–Crippen MR) is 149 cm³/mol. The van der Waals surface area contributed by atoms with E-state index in [-0.39, 0.29) is 29.9 Å². The fourth-order valence-corrected chi connectivity index (χ4v) is 6.29. The van der Waals surface area contributed by atoms with Gasteiger partial charge in [0.1, 0.15) is 36.5 Å². The van der Waals surface area contributed by atoms with Gasteiger partial charge in [-0.05, 0) is 44.9 Å². The molecule has 3 rings (SSSR count). The molecule has 2 aliphatic rings. The summed E-state index contributed by atoms with van der Waals surface area (Å²) in [5, 5.41) is 63.6. The molecule has 2 heterocycles. The van der Waals surface area contributed by atoms with Crippen LogP contribution in [0.1, 0.15) is 43.5 Å². The zero-order chi connectivity index (χ0) is 30.4. The highest BCUT2D eigenvalue weighted by Crippen LogP contribution is 2.36. The number of carbonyl (C=O) groups excluding carboxylic acids is 2. The summed E-state index contributed by atoms with van der Waals surface area (Å²) in [4.78, 5) is 27.6. The molecule has 0 radical (unpaired) electrons. The number of esters is 1. The number of aliphatic hydroxyl groups is 3. The average molecular weight is 603 g/mol. The minimum atomic E-state index is -1.58. The van der Waals surface area contributed by atoms with Crippen molar-refractivity contribution in [3.63, 3.8) is 0 Å². The molecule has 7 N–H and O–H groups in total. The van der Waals surface area contributed by atoms with E-state index in [2.05, 4.69) is 12.2 Å². The third-order valence-electron chi connectivity index (χ3n) is 7.69. The van der Waals surface area contributed by atoms with Crippen molar-refractivity contribution in [2.45, 2.75) is 81.1 Å². The number of aromatic hydroxyl groups is 3. The van der Waals surface area contributed by atoms with E-state index in [0.717, 1.165) is 43.3 Å². The molecule has 0 bridgehead atoms. The first-order valence-corrected chi connectivity index (χ1v) is 14.7. The number of benzene rings is 1. The maximum atomic E-state index is 13.3. The smallest absolute Gasteiger partial charge is 0.338 e. The van der Waals surface area contributed by atoms with E-state index in [4.69, 9.17) is 14.2 Å². The maximum absolute atomic E-state index is 13.3. The summed E-state index contributed by atoms with van der Waals surface area (Å²) in [6.07, 6.45) is -3.54. The lowest BCUT2D eigenvalue weighted by Crippen LogP contribution is -2.66. The van der Waals surface area contributed by atoms with Crippen molar-refractivity contribution in [1.82, 2.24) is 10.2 Å². The van der Waals surface area contributed by atoms with Crippen molar-refractivity contribution in [2.75, 3.05) is 33.1 Å². The summed E-state index contributed by atoms with van der Waals surface area (Å²) in [7, 11) is 3.35. The summed E-state index contributed by atoms with van der Waals surface area (Å²) in [5.74, 6) is -2.71. The van der Waals surface area contributed by atoms with Crippen molar-refractivity contribution in [1.29, 1.82) is 0 Å². The van der Waals surface area contributed by atoms with Crippen LogP contribution in [0.5, 0.6) is 17.2 Å². The number of amides is 1. The second-order valence-corrected chi connectivity index (χ2v) is 11.8. The van der Waals surface area contributed by atoms with Gasteiger partial charge >= 0.3 is 5.97 Å². The largest absolute Gasteiger partial charge is 0.504 e. The summed E-state index contributed by atoms with van der Waals surface area (Å²) in [6.45, 7) is 4.46. The Morgan fingerprint density at radius 3 is 2.41 bits per heavy atom. The SMILES string of the molecule is CCC[C@@H]1C[C@@H](C(=O)N[C@@H]([C@H]2O[C@H](SCCOC(=O)c3cc(O)c(O)c(O)c3)[C@H](O)[C@@H](O)[C@H]2O)[C@@H](C)OC)N(C)C1. The number of methoxy groups -OCH3 is 1. The molecule has 0 aliphatic carbocycles. The van der Waals surface area contributed by atoms with Gasteiger partial charge in [-0.1, -0.05) is 13.3 Å². The van der Waals surface area contributed by atoms with Crippen molar-refractivity contribution < 1.29 is 54.4 Å². The first kappa shape index (κ1) is 33.2. The van der Waals surface area contributed by atoms with Crippen LogP contribution in [0.3, 0.4) is 0 Å². The number of rotatable bonds is 12. The van der Waals surface area contributed by atoms with Crippen LogP contribution in [0.4, 0.5) is 0 Å². The van der Waals surface area contributed by atoms with E-state index < -0.39 is 65.2 Å². The number of likely N-dealkylation sites (N-methyl/N-ethyl adjacent to an activating group) is 1. The lowest BCUT2D eigenvalue weighted by atomic mass is 9.91. The molecule has 0 aromatic heterocycles. The number of hydrogen-bond acceptors (Lipinski definition) is 13. The van der Waals surface area contributed by atoms with Gasteiger partial charge in [0.15, 0.2) is 17.2 Å². The Labute approximate surface area is 243 Å². The molecule has 2 saturated heterocycles. The molecule has 0 unspecified atom stereocenters. The molecule has 0 spiro atoms. The van der Waals surface area contributed by atoms with Gasteiger partial charge in [-0.3, -0.25) is 9.69 Å². The number of ether oxygens (including phenoxy) is 3. The Bertz CT molecular complexity index is 1020. The van der Waals surface area contributed by atoms with Crippen molar-refractivity contribution in [3.05, 3.63) is 17.7 Å². The highest BCUT2D eigenvalue weighted by molar-refractivity contribution is 7.99. The predicted octanol–water partition coefficient (Wildman–Crippen LogP) is 0.141. The normalized spacial score (nSPS) is 30.1. The van der Waals surface area contributed by atoms with E-state index in [1.807, 2.05) is 11.9 Å². The van der Waals surface area contributed by atoms with E-state index in [9.17, 15) is 40.2 Å². The Morgan fingerprint density at radius 1 is 1.15 bits per heavy atom. The number of likely N-dealkylation sites (tertiary alicyclic amines) is 1. The molecule has 2 fully saturated rings. The van der Waals surface area contributed by atoms with Gasteiger partial charge in [-0.15, -0.1) is 11.8 Å². The molecule has 2 aliphatic heterocycles. The summed E-state index contributed by atoms with van der Waals surface area (Å²) in [6, 6.07) is 0.685. The second-order valence-electron chi connectivity index (χ2n) is 10.6. The first-order chi connectivity index (χ1) is 19.4. The van der Waals surface area contributed by atoms with Gasteiger partial charge in [0.25, 0.3) is 0 Å². The molecular weight excluding hydrogens is 560 g/mol. The van der Waals surface area contributed by atoms with Gasteiger partial charge in [-0.25, -0.2) is 4.79 Å². The molecule has 1 aromatic rings. The molecule has 9 atom stereocenters. The fraction of sp³-hybridized carbons (Fsp3) is 0.704. The number of aliphatic hydroxyl groups excluding tert-OH is 3. The topological polar surface area (TPSA) is 198 Å². The molecule has 13 nitrogen and oxygen atoms in total. The summed E-state index contributed by atoms with van der Waals surface area (Å²) >= 11 is 1.03. The van der Waals surface area contributed by atoms with Gasteiger partial charge in [0.2, 0.25) is 5.91 Å². The Morgan fingerprint density at radius 2 is 1.80 bits per heavy atom. The van der Waals surface area contributed by atoms with Gasteiger partial charge in [0.05, 0.1) is 23.8 Å².